The predicted molar refractivity (Wildman–Crippen MR) is 129 cm³/mol. The van der Waals surface area contributed by atoms with Gasteiger partial charge in [0.15, 0.2) is 14.1 Å². The Labute approximate surface area is 186 Å². The van der Waals surface area contributed by atoms with Gasteiger partial charge in [-0.3, -0.25) is 9.59 Å². The van der Waals surface area contributed by atoms with Gasteiger partial charge >= 0.3 is 5.97 Å². The largest absolute Gasteiger partial charge is 0.469 e. The average molecular weight is 439 g/mol. The van der Waals surface area contributed by atoms with Crippen molar-refractivity contribution in [2.45, 2.75) is 116 Å². The third-order valence-corrected chi connectivity index (χ3v) is 10.3. The van der Waals surface area contributed by atoms with E-state index >= 15 is 0 Å². The van der Waals surface area contributed by atoms with E-state index in [1.807, 2.05) is 6.08 Å². The summed E-state index contributed by atoms with van der Waals surface area (Å²) in [6.45, 7) is 13.2. The quantitative estimate of drug-likeness (QED) is 0.111. The van der Waals surface area contributed by atoms with E-state index in [1.54, 1.807) is 0 Å². The molecule has 0 aliphatic rings. The first kappa shape index (κ1) is 28.8. The highest BCUT2D eigenvalue weighted by Crippen LogP contribution is 2.38. The van der Waals surface area contributed by atoms with Crippen LogP contribution >= 0.6 is 0 Å². The van der Waals surface area contributed by atoms with Gasteiger partial charge in [0.05, 0.1) is 7.11 Å². The highest BCUT2D eigenvalue weighted by molar-refractivity contribution is 6.74. The molecule has 0 aromatic heterocycles. The van der Waals surface area contributed by atoms with Crippen molar-refractivity contribution < 1.29 is 18.8 Å². The molecule has 0 amide bonds. The number of unbranched alkanes of at least 4 members (excludes halogenated alkanes) is 4. The number of methoxy groups -OCH3 is 1. The first-order chi connectivity index (χ1) is 14.0. The van der Waals surface area contributed by atoms with Gasteiger partial charge in [-0.2, -0.15) is 0 Å². The topological polar surface area (TPSA) is 52.6 Å². The van der Waals surface area contributed by atoms with Crippen LogP contribution < -0.4 is 0 Å². The van der Waals surface area contributed by atoms with E-state index < -0.39 is 8.32 Å². The molecule has 30 heavy (non-hydrogen) atoms. The SMILES string of the molecule is CCC=CCC=CCC(=O)[C@@H](CCCCCCCC(=O)OC)O[Si](C)(C)C(C)(C)C. The number of esters is 1. The molecule has 0 unspecified atom stereocenters. The van der Waals surface area contributed by atoms with E-state index in [9.17, 15) is 9.59 Å². The molecule has 0 radical (unpaired) electrons. The fourth-order valence-corrected chi connectivity index (χ4v) is 4.13. The van der Waals surface area contributed by atoms with Crippen molar-refractivity contribution >= 4 is 20.1 Å². The highest BCUT2D eigenvalue weighted by Gasteiger charge is 2.40. The molecule has 0 spiro atoms. The number of carbonyl (C=O) groups is 2. The second-order valence-electron chi connectivity index (χ2n) is 9.51. The van der Waals surface area contributed by atoms with Crippen LogP contribution in [-0.2, 0) is 18.8 Å². The van der Waals surface area contributed by atoms with Gasteiger partial charge < -0.3 is 9.16 Å². The molecular weight excluding hydrogens is 392 g/mol. The lowest BCUT2D eigenvalue weighted by molar-refractivity contribution is -0.140. The Morgan fingerprint density at radius 2 is 1.53 bits per heavy atom. The lowest BCUT2D eigenvalue weighted by atomic mass is 10.0. The van der Waals surface area contributed by atoms with E-state index in [0.717, 1.165) is 51.4 Å². The van der Waals surface area contributed by atoms with Gasteiger partial charge in [0, 0.05) is 12.8 Å². The first-order valence-electron chi connectivity index (χ1n) is 11.6. The van der Waals surface area contributed by atoms with E-state index in [1.165, 1.54) is 7.11 Å². The van der Waals surface area contributed by atoms with Crippen LogP contribution in [0.25, 0.3) is 0 Å². The number of ketones is 1. The fraction of sp³-hybridized carbons (Fsp3) is 0.760. The lowest BCUT2D eigenvalue weighted by Gasteiger charge is -2.39. The molecule has 0 saturated heterocycles. The molecule has 0 rings (SSSR count). The maximum atomic E-state index is 12.9. The summed E-state index contributed by atoms with van der Waals surface area (Å²) in [5.74, 6) is 0.0582. The van der Waals surface area contributed by atoms with Crippen molar-refractivity contribution in [1.82, 2.24) is 0 Å². The Hall–Kier alpha value is -1.20. The van der Waals surface area contributed by atoms with Crippen molar-refractivity contribution in [3.05, 3.63) is 24.3 Å². The zero-order valence-corrected chi connectivity index (χ0v) is 21.6. The van der Waals surface area contributed by atoms with Crippen molar-refractivity contribution in [2.24, 2.45) is 0 Å². The molecule has 0 aromatic rings. The van der Waals surface area contributed by atoms with E-state index in [2.05, 4.69) is 63.8 Å². The molecule has 0 aromatic carbocycles. The molecule has 0 heterocycles. The molecule has 0 aliphatic heterocycles. The summed E-state index contributed by atoms with van der Waals surface area (Å²) in [6, 6.07) is 0. The Balaban J connectivity index is 4.63. The number of rotatable bonds is 16. The van der Waals surface area contributed by atoms with Crippen LogP contribution in [0.1, 0.15) is 91.9 Å². The lowest BCUT2D eigenvalue weighted by Crippen LogP contribution is -2.46. The molecule has 174 valence electrons. The van der Waals surface area contributed by atoms with Gasteiger partial charge in [0.25, 0.3) is 0 Å². The van der Waals surface area contributed by atoms with Crippen LogP contribution in [0.4, 0.5) is 0 Å². The summed E-state index contributed by atoms with van der Waals surface area (Å²) in [7, 11) is -0.572. The number of hydrogen-bond acceptors (Lipinski definition) is 4. The summed E-state index contributed by atoms with van der Waals surface area (Å²) < 4.78 is 11.2. The van der Waals surface area contributed by atoms with Crippen LogP contribution in [0.2, 0.25) is 18.1 Å². The van der Waals surface area contributed by atoms with Crippen LogP contribution in [0.15, 0.2) is 24.3 Å². The number of hydrogen-bond donors (Lipinski definition) is 0. The second-order valence-corrected chi connectivity index (χ2v) is 14.3. The molecule has 0 bridgehead atoms. The fourth-order valence-electron chi connectivity index (χ4n) is 2.82. The molecule has 0 N–H and O–H groups in total. The average Bonchev–Trinajstić information content (AvgIpc) is 2.67. The van der Waals surface area contributed by atoms with Crippen LogP contribution in [0.5, 0.6) is 0 Å². The standard InChI is InChI=1S/C25H46O4Si/c1-8-9-10-11-13-16-19-22(26)23(29-30(6,7)25(2,3)4)20-17-14-12-15-18-21-24(27)28-5/h9-10,13,16,23H,8,11-12,14-15,17-21H2,1-7H3/t23-/m1/s1. The van der Waals surface area contributed by atoms with Crippen LogP contribution in [0, 0.1) is 0 Å². The first-order valence-corrected chi connectivity index (χ1v) is 14.5. The molecular formula is C25H46O4Si. The van der Waals surface area contributed by atoms with Crippen molar-refractivity contribution in [1.29, 1.82) is 0 Å². The number of carbonyl (C=O) groups excluding carboxylic acids is 2. The van der Waals surface area contributed by atoms with E-state index in [0.29, 0.717) is 12.8 Å². The van der Waals surface area contributed by atoms with Crippen molar-refractivity contribution in [3.63, 3.8) is 0 Å². The minimum Gasteiger partial charge on any atom is -0.469 e. The normalized spacial score (nSPS) is 13.8. The van der Waals surface area contributed by atoms with Gasteiger partial charge in [-0.25, -0.2) is 0 Å². The molecule has 4 nitrogen and oxygen atoms in total. The number of allylic oxidation sites excluding steroid dienone is 4. The Kier molecular flexibility index (Phi) is 15.0. The smallest absolute Gasteiger partial charge is 0.305 e. The summed E-state index contributed by atoms with van der Waals surface area (Å²) in [4.78, 5) is 24.0. The van der Waals surface area contributed by atoms with Crippen LogP contribution in [0.3, 0.4) is 0 Å². The zero-order chi connectivity index (χ0) is 23.0. The molecule has 0 saturated carbocycles. The molecule has 5 heteroatoms. The molecule has 0 fully saturated rings. The Morgan fingerprint density at radius 1 is 0.933 bits per heavy atom. The maximum Gasteiger partial charge on any atom is 0.305 e. The van der Waals surface area contributed by atoms with Gasteiger partial charge in [-0.1, -0.05) is 77.7 Å². The minimum absolute atomic E-state index is 0.0835. The van der Waals surface area contributed by atoms with Gasteiger partial charge in [0.1, 0.15) is 6.10 Å². The Morgan fingerprint density at radius 3 is 2.13 bits per heavy atom. The summed E-state index contributed by atoms with van der Waals surface area (Å²) in [6.07, 6.45) is 16.6. The summed E-state index contributed by atoms with van der Waals surface area (Å²) in [5, 5.41) is 0.0835. The van der Waals surface area contributed by atoms with Crippen molar-refractivity contribution in [2.75, 3.05) is 7.11 Å². The summed E-state index contributed by atoms with van der Waals surface area (Å²) >= 11 is 0. The number of Topliss-reactive ketones (excluding diaryl/α,β-unsaturated/α-hetero) is 1. The molecule has 0 aliphatic carbocycles. The third kappa shape index (κ3) is 13.2. The van der Waals surface area contributed by atoms with E-state index in [-0.39, 0.29) is 22.9 Å². The van der Waals surface area contributed by atoms with Gasteiger partial charge in [-0.15, -0.1) is 0 Å². The third-order valence-electron chi connectivity index (χ3n) is 5.84. The van der Waals surface area contributed by atoms with Crippen molar-refractivity contribution in [3.8, 4) is 0 Å². The highest BCUT2D eigenvalue weighted by atomic mass is 28.4. The second kappa shape index (κ2) is 15.6. The van der Waals surface area contributed by atoms with E-state index in [4.69, 9.17) is 4.43 Å². The monoisotopic (exact) mass is 438 g/mol. The summed E-state index contributed by atoms with van der Waals surface area (Å²) in [5.41, 5.74) is 0. The number of ether oxygens (including phenoxy) is 1. The maximum absolute atomic E-state index is 12.9. The van der Waals surface area contributed by atoms with Gasteiger partial charge in [-0.05, 0) is 43.8 Å². The minimum atomic E-state index is -2.00. The van der Waals surface area contributed by atoms with Crippen LogP contribution in [-0.4, -0.2) is 33.3 Å². The van der Waals surface area contributed by atoms with Gasteiger partial charge in [0.2, 0.25) is 0 Å². The molecule has 1 atom stereocenters. The zero-order valence-electron chi connectivity index (χ0n) is 20.6. The predicted octanol–water partition coefficient (Wildman–Crippen LogP) is 7.15. The Bertz CT molecular complexity index is 544.